The van der Waals surface area contributed by atoms with E-state index in [1.165, 1.54) is 25.0 Å². The first-order valence-corrected chi connectivity index (χ1v) is 23.0. The Balaban J connectivity index is 0.996. The molecule has 0 aliphatic heterocycles. The number of rotatable bonds is 32. The van der Waals surface area contributed by atoms with Crippen LogP contribution < -0.4 is 10.6 Å². The zero-order valence-electron chi connectivity index (χ0n) is 38.0. The summed E-state index contributed by atoms with van der Waals surface area (Å²) < 4.78 is 28.2. The van der Waals surface area contributed by atoms with Gasteiger partial charge in [0.15, 0.2) is 0 Å². The average molecular weight is 935 g/mol. The minimum atomic E-state index is -1.18. The molecule has 366 valence electrons. The number of fused-ring (bicyclic) bond motifs is 1. The van der Waals surface area contributed by atoms with E-state index in [1.54, 1.807) is 48.5 Å². The van der Waals surface area contributed by atoms with Crippen LogP contribution in [0, 0.1) is 17.8 Å². The number of benzene rings is 1. The molecule has 0 radical (unpaired) electrons. The number of hydrogen-bond donors (Lipinski definition) is 6. The van der Waals surface area contributed by atoms with Crippen molar-refractivity contribution in [3.63, 3.8) is 0 Å². The van der Waals surface area contributed by atoms with Crippen molar-refractivity contribution in [1.29, 1.82) is 0 Å². The van der Waals surface area contributed by atoms with Gasteiger partial charge in [0.1, 0.15) is 11.4 Å². The molecular weight excluding hydrogens is 869 g/mol. The molecule has 67 heavy (non-hydrogen) atoms. The van der Waals surface area contributed by atoms with Gasteiger partial charge in [0.2, 0.25) is 0 Å². The van der Waals surface area contributed by atoms with Crippen molar-refractivity contribution in [1.82, 2.24) is 30.4 Å². The summed E-state index contributed by atoms with van der Waals surface area (Å²) in [6.45, 7) is 4.89. The highest BCUT2D eigenvalue weighted by Crippen LogP contribution is 2.52. The molecule has 0 saturated heterocycles. The van der Waals surface area contributed by atoms with Crippen LogP contribution in [-0.2, 0) is 30.2 Å². The standard InChI is InChI=1S/C48H66N6O13/c55-23-19-53(33-37-7-5-11-42(51-37)46(58)59)21-27-65-31-32-66-28-22-54(20-24-56)44(41-10-6-12-43(52-41)47(60)61)35-13-15-36(16-14-35)45(57)49-17-25-63-29-30-64-26-18-50-48(62)67-34-40-38-8-3-1-2-4-9-39(38)40/h1-2,5-7,10-16,38-40,44,55-56H,3-4,8-9,17-34H2,(H,49,57)(H,50,62)(H,58,59)(H,60,61)/b2-1-/t38-,39+,40-,44?. The highest BCUT2D eigenvalue weighted by Gasteiger charge is 2.49. The number of alkyl carbamates (subject to hydrolysis) is 1. The molecule has 1 fully saturated rings. The maximum atomic E-state index is 13.0. The van der Waals surface area contributed by atoms with Gasteiger partial charge in [-0.25, -0.2) is 24.4 Å². The normalized spacial score (nSPS) is 17.5. The van der Waals surface area contributed by atoms with Crippen molar-refractivity contribution in [2.75, 3.05) is 112 Å². The largest absolute Gasteiger partial charge is 0.477 e. The molecule has 5 rings (SSSR count). The summed E-state index contributed by atoms with van der Waals surface area (Å²) >= 11 is 0. The van der Waals surface area contributed by atoms with Crippen molar-refractivity contribution >= 4 is 23.9 Å². The summed E-state index contributed by atoms with van der Waals surface area (Å²) in [5.41, 5.74) is 1.95. The molecule has 0 bridgehead atoms. The predicted octanol–water partition coefficient (Wildman–Crippen LogP) is 3.27. The lowest BCUT2D eigenvalue weighted by Crippen LogP contribution is -2.36. The second kappa shape index (κ2) is 29.4. The monoisotopic (exact) mass is 934 g/mol. The number of amides is 2. The van der Waals surface area contributed by atoms with Gasteiger partial charge in [-0.05, 0) is 85.4 Å². The summed E-state index contributed by atoms with van der Waals surface area (Å²) in [6.07, 6.45) is 8.63. The van der Waals surface area contributed by atoms with E-state index in [0.29, 0.717) is 100 Å². The summed E-state index contributed by atoms with van der Waals surface area (Å²) in [5, 5.41) is 44.1. The Kier molecular flexibility index (Phi) is 23.1. The number of carboxylic acid groups (broad SMARTS) is 2. The van der Waals surface area contributed by atoms with Crippen molar-refractivity contribution in [2.24, 2.45) is 17.8 Å². The Morgan fingerprint density at radius 3 is 1.87 bits per heavy atom. The molecule has 6 N–H and O–H groups in total. The summed E-state index contributed by atoms with van der Waals surface area (Å²) in [6, 6.07) is 15.8. The number of ether oxygens (including phenoxy) is 5. The molecule has 2 aliphatic rings. The zero-order valence-corrected chi connectivity index (χ0v) is 38.0. The third-order valence-electron chi connectivity index (χ3n) is 11.6. The summed E-state index contributed by atoms with van der Waals surface area (Å²) in [7, 11) is 0. The lowest BCUT2D eigenvalue weighted by Gasteiger charge is -2.31. The molecule has 2 aliphatic carbocycles. The van der Waals surface area contributed by atoms with Gasteiger partial charge < -0.3 is 54.7 Å². The van der Waals surface area contributed by atoms with Crippen molar-refractivity contribution in [2.45, 2.75) is 38.3 Å². The molecule has 0 spiro atoms. The van der Waals surface area contributed by atoms with E-state index < -0.39 is 24.1 Å². The number of hydrogen-bond acceptors (Lipinski definition) is 15. The van der Waals surface area contributed by atoms with E-state index in [2.05, 4.69) is 32.8 Å². The Morgan fingerprint density at radius 1 is 0.657 bits per heavy atom. The molecule has 2 aromatic heterocycles. The number of nitrogens with zero attached hydrogens (tertiary/aromatic N) is 4. The first kappa shape index (κ1) is 52.6. The smallest absolute Gasteiger partial charge is 0.407 e. The maximum absolute atomic E-state index is 13.0. The van der Waals surface area contributed by atoms with E-state index in [-0.39, 0.29) is 70.0 Å². The number of carbonyl (C=O) groups excluding carboxylic acids is 2. The van der Waals surface area contributed by atoms with Gasteiger partial charge >= 0.3 is 18.0 Å². The van der Waals surface area contributed by atoms with Crippen LogP contribution in [0.1, 0.15) is 80.0 Å². The van der Waals surface area contributed by atoms with Crippen LogP contribution in [0.3, 0.4) is 0 Å². The molecular formula is C48H66N6O13. The van der Waals surface area contributed by atoms with E-state index >= 15 is 0 Å². The molecule has 1 unspecified atom stereocenters. The Labute approximate surface area is 391 Å². The van der Waals surface area contributed by atoms with Gasteiger partial charge in [-0.15, -0.1) is 0 Å². The maximum Gasteiger partial charge on any atom is 0.407 e. The minimum Gasteiger partial charge on any atom is -0.477 e. The average Bonchev–Trinajstić information content (AvgIpc) is 3.98. The number of carbonyl (C=O) groups is 4. The topological polar surface area (TPSA) is 252 Å². The molecule has 19 heteroatoms. The van der Waals surface area contributed by atoms with Crippen LogP contribution in [0.2, 0.25) is 0 Å². The Hall–Kier alpha value is -5.38. The molecule has 3 aromatic rings. The SMILES string of the molecule is O=C(NCCOCCOCCNC(=O)c1ccc(C(c2cccc(C(=O)O)n2)N(CCO)CCOCCOCCN(CCO)Cc2cccc(C(=O)O)n2)cc1)OC[C@@H]1[C@@H]2CC/C=C\CC[C@@H]21. The van der Waals surface area contributed by atoms with Gasteiger partial charge in [-0.1, -0.05) is 36.4 Å². The number of carboxylic acids is 2. The fourth-order valence-corrected chi connectivity index (χ4v) is 8.18. The van der Waals surface area contributed by atoms with E-state index in [9.17, 15) is 39.6 Å². The van der Waals surface area contributed by atoms with Crippen LogP contribution >= 0.6 is 0 Å². The van der Waals surface area contributed by atoms with Crippen molar-refractivity contribution in [3.8, 4) is 0 Å². The van der Waals surface area contributed by atoms with Gasteiger partial charge in [0, 0.05) is 51.4 Å². The highest BCUT2D eigenvalue weighted by molar-refractivity contribution is 5.94. The number of nitrogens with one attached hydrogen (secondary N) is 2. The highest BCUT2D eigenvalue weighted by atomic mass is 16.6. The Morgan fingerprint density at radius 2 is 1.24 bits per heavy atom. The molecule has 2 heterocycles. The third kappa shape index (κ3) is 18.3. The summed E-state index contributed by atoms with van der Waals surface area (Å²) in [4.78, 5) is 60.7. The van der Waals surface area contributed by atoms with Crippen molar-refractivity contribution < 1.29 is 63.3 Å². The van der Waals surface area contributed by atoms with Gasteiger partial charge in [-0.2, -0.15) is 0 Å². The Bertz CT molecular complexity index is 1990. The number of pyridine rings is 2. The lowest BCUT2D eigenvalue weighted by molar-refractivity contribution is 0.0245. The lowest BCUT2D eigenvalue weighted by atomic mass is 9.99. The molecule has 1 saturated carbocycles. The van der Waals surface area contributed by atoms with E-state index in [1.807, 2.05) is 9.80 Å². The van der Waals surface area contributed by atoms with Crippen LogP contribution in [0.25, 0.3) is 0 Å². The fraction of sp³-hybridized carbons (Fsp3) is 0.542. The predicted molar refractivity (Wildman–Crippen MR) is 245 cm³/mol. The van der Waals surface area contributed by atoms with E-state index in [4.69, 9.17) is 23.7 Å². The zero-order chi connectivity index (χ0) is 47.6. The second-order valence-electron chi connectivity index (χ2n) is 16.2. The molecule has 2 amide bonds. The molecule has 4 atom stereocenters. The third-order valence-corrected chi connectivity index (χ3v) is 11.6. The molecule has 19 nitrogen and oxygen atoms in total. The number of aromatic carboxylic acids is 2. The van der Waals surface area contributed by atoms with Crippen LogP contribution in [0.15, 0.2) is 72.8 Å². The van der Waals surface area contributed by atoms with Crippen LogP contribution in [0.4, 0.5) is 4.79 Å². The minimum absolute atomic E-state index is 0.0495. The quantitative estimate of drug-likeness (QED) is 0.0388. The van der Waals surface area contributed by atoms with Gasteiger partial charge in [0.25, 0.3) is 5.91 Å². The molecule has 1 aromatic carbocycles. The van der Waals surface area contributed by atoms with Crippen LogP contribution in [-0.4, -0.2) is 176 Å². The fourth-order valence-electron chi connectivity index (χ4n) is 8.18. The number of aliphatic hydroxyl groups is 2. The first-order valence-electron chi connectivity index (χ1n) is 23.0. The second-order valence-corrected chi connectivity index (χ2v) is 16.2. The van der Waals surface area contributed by atoms with Gasteiger partial charge in [0.05, 0.1) is 90.1 Å². The van der Waals surface area contributed by atoms with Gasteiger partial charge in [-0.3, -0.25) is 14.6 Å². The number of aromatic nitrogens is 2. The first-order chi connectivity index (χ1) is 32.7. The summed E-state index contributed by atoms with van der Waals surface area (Å²) in [5.74, 6) is -0.773. The van der Waals surface area contributed by atoms with Crippen molar-refractivity contribution in [3.05, 3.63) is 107 Å². The number of allylic oxidation sites excluding steroid dienone is 2. The van der Waals surface area contributed by atoms with E-state index in [0.717, 1.165) is 18.4 Å². The number of aliphatic hydroxyl groups excluding tert-OH is 2. The van der Waals surface area contributed by atoms with Crippen LogP contribution in [0.5, 0.6) is 0 Å².